The molecular weight excluding hydrogens is 1670 g/mol. The Morgan fingerprint density at radius 2 is 1.28 bits per heavy atom. The molecule has 7 amide bonds. The first-order valence-electron chi connectivity index (χ1n) is 39.4. The summed E-state index contributed by atoms with van der Waals surface area (Å²) in [4.78, 5) is 120. The SMILES string of the molecule is CN[C@H](CC(C)C)C(=O)N[C@H]1C(=O)N[C@@H](CC(N)=O)C(=O)N[C@H]2C(=O)N[C@H]3C(=O)N[C@H](C(=O)N[C@@H](C(=O)O)c4cc(O)cc(O)c4-c4cc3ccc4O)[C@H](O[C@H]3C[C@](C)(N)[C@@H](O)[C@H](C)O3)c3ccc(c(Cl)c3)Oc3cc2cc(c3OC2O[C@H](CO)[C@@H](O[C@H]3O[C@H](CNCc4ccc(-n5cccc5)cc4)[C@H](O)[C@H](O)[C@H]3O)[C@H](O)[C@H]2O)Oc2ccc(cc2Cl)[C@H]1O. The van der Waals surface area contributed by atoms with Gasteiger partial charge in [-0.15, -0.1) is 0 Å². The minimum atomic E-state index is -2.42. The monoisotopic (exact) mass is 1760 g/mol. The number of aromatic hydroxyl groups is 3. The summed E-state index contributed by atoms with van der Waals surface area (Å²) in [6, 6.07) is 10.3. The maximum absolute atomic E-state index is 16.4. The van der Waals surface area contributed by atoms with Crippen LogP contribution in [0, 0.1) is 5.92 Å². The number of amides is 7. The number of aliphatic hydroxyl groups is 8. The number of benzene rings is 6. The molecule has 3 saturated heterocycles. The highest BCUT2D eigenvalue weighted by Crippen LogP contribution is 2.50. The predicted molar refractivity (Wildman–Crippen MR) is 432 cm³/mol. The van der Waals surface area contributed by atoms with Crippen molar-refractivity contribution in [3.05, 3.63) is 171 Å². The Bertz CT molecular complexity index is 5150. The number of carbonyl (C=O) groups is 8. The topological polar surface area (TPSA) is 606 Å². The number of halogens is 2. The first-order valence-corrected chi connectivity index (χ1v) is 40.2. The number of rotatable bonds is 20. The molecule has 0 radical (unpaired) electrons. The van der Waals surface area contributed by atoms with E-state index in [0.717, 1.165) is 78.0 Å². The first-order chi connectivity index (χ1) is 58.9. The zero-order chi connectivity index (χ0) is 89.4. The number of hydrogen-bond donors (Lipinski definition) is 22. The Balaban J connectivity index is 0.971. The van der Waals surface area contributed by atoms with Gasteiger partial charge in [-0.2, -0.15) is 0 Å². The number of phenols is 3. The lowest BCUT2D eigenvalue weighted by Gasteiger charge is -2.46. The van der Waals surface area contributed by atoms with E-state index in [1.807, 2.05) is 67.2 Å². The number of nitrogens with one attached hydrogen (secondary N) is 8. The Morgan fingerprint density at radius 3 is 1.91 bits per heavy atom. The lowest BCUT2D eigenvalue weighted by atomic mass is 9.86. The van der Waals surface area contributed by atoms with Gasteiger partial charge in [-0.25, -0.2) is 4.79 Å². The summed E-state index contributed by atoms with van der Waals surface area (Å²) in [7, 11) is 1.46. The van der Waals surface area contributed by atoms with Crippen LogP contribution in [0.2, 0.25) is 10.0 Å². The van der Waals surface area contributed by atoms with Crippen molar-refractivity contribution >= 4 is 70.5 Å². The number of likely N-dealkylation sites (N-methyl/N-ethyl adjacent to an activating group) is 1. The number of aliphatic carboxylic acids is 1. The highest BCUT2D eigenvalue weighted by Gasteiger charge is 2.53. The maximum atomic E-state index is 16.4. The molecule has 11 bridgehead atoms. The van der Waals surface area contributed by atoms with Crippen molar-refractivity contribution in [1.29, 1.82) is 0 Å². The Hall–Kier alpha value is -10.9. The Morgan fingerprint density at radius 1 is 0.661 bits per heavy atom. The van der Waals surface area contributed by atoms with Crippen molar-refractivity contribution in [2.24, 2.45) is 17.4 Å². The molecule has 1 aromatic heterocycles. The summed E-state index contributed by atoms with van der Waals surface area (Å²) in [5, 5.41) is 159. The molecule has 15 rings (SSSR count). The zero-order valence-corrected chi connectivity index (χ0v) is 68.4. The number of carboxylic acids is 1. The van der Waals surface area contributed by atoms with Crippen LogP contribution in [-0.4, -0.2) is 243 Å². The van der Waals surface area contributed by atoms with Crippen molar-refractivity contribution in [1.82, 2.24) is 47.1 Å². The first kappa shape index (κ1) is 90.8. The van der Waals surface area contributed by atoms with Crippen LogP contribution in [0.1, 0.15) is 111 Å². The summed E-state index contributed by atoms with van der Waals surface area (Å²) in [6.07, 6.45) is -25.3. The standard InChI is InChI=1S/C83H95Cl2N11O28/c1-33(2)20-46(88-5)74(109)94-62-64(102)37-11-16-50(44(84)22-37)118-52-24-39-25-53(71(52)123-82-69(107)67(105)72(55(32-97)121-82)124-81-68(106)66(104)65(103)54(120-81)31-89-30-35-8-13-40(14-9-35)96-18-6-7-19-96)119-51-17-12-38(23-45(51)85)70(122-57-29-83(4,87)73(108)34(3)117-57)63-79(114)93-61(80(115)116)43-26-41(98)27-49(100)58(43)42-21-36(10-15-48(42)99)59(76(111)95-63)92-77(112)60(39)91-75(110)47(28-56(86)101)90-78(62)113/h6-19,21-27,33-34,46-47,54-55,57,59-70,72-73,81-82,88-89,97-100,102-108H,20,28-32,87H2,1-5H3,(H2,86,101)(H,90,113)(H,91,110)(H,92,112)(H,93,114)(H,94,109)(H,95,111)(H,115,116)/t34-,46+,47-,54+,55+,57-,59+,60+,61+,62+,63-,64+,65-,66-,67+,68+,69+,70+,72+,73-,81+,82?,83-/m0/s1. The van der Waals surface area contributed by atoms with Crippen LogP contribution in [-0.2, 0) is 68.6 Å². The van der Waals surface area contributed by atoms with Crippen molar-refractivity contribution in [3.8, 4) is 62.8 Å². The van der Waals surface area contributed by atoms with E-state index in [1.165, 1.54) is 33.0 Å². The lowest BCUT2D eigenvalue weighted by Crippen LogP contribution is -2.65. The number of nitrogens with zero attached hydrogens (tertiary/aromatic N) is 1. The molecule has 39 nitrogen and oxygen atoms in total. The third-order valence-electron chi connectivity index (χ3n) is 22.2. The van der Waals surface area contributed by atoms with Crippen LogP contribution in [0.15, 0.2) is 128 Å². The maximum Gasteiger partial charge on any atom is 0.330 e. The quantitative estimate of drug-likeness (QED) is 0.0494. The molecule has 0 saturated carbocycles. The summed E-state index contributed by atoms with van der Waals surface area (Å²) in [6.45, 7) is 5.50. The summed E-state index contributed by atoms with van der Waals surface area (Å²) in [5.74, 6) is -16.6. The smallest absolute Gasteiger partial charge is 0.330 e. The van der Waals surface area contributed by atoms with E-state index in [-0.39, 0.29) is 48.5 Å². The fourth-order valence-electron chi connectivity index (χ4n) is 15.6. The van der Waals surface area contributed by atoms with Crippen LogP contribution in [0.3, 0.4) is 0 Å². The minimum absolute atomic E-state index is 0.128. The number of primary amides is 1. The second kappa shape index (κ2) is 37.9. The molecule has 9 heterocycles. The fraction of sp³-hybridized carbons (Fsp3) is 0.422. The van der Waals surface area contributed by atoms with Crippen LogP contribution < -0.4 is 68.2 Å². The average molecular weight is 1770 g/mol. The van der Waals surface area contributed by atoms with Crippen molar-refractivity contribution in [2.45, 2.75) is 193 Å². The minimum Gasteiger partial charge on any atom is -0.508 e. The predicted octanol–water partition coefficient (Wildman–Crippen LogP) is 0.519. The van der Waals surface area contributed by atoms with E-state index in [4.69, 9.17) is 72.6 Å². The molecule has 664 valence electrons. The highest BCUT2D eigenvalue weighted by atomic mass is 35.5. The number of hydrogen-bond acceptors (Lipinski definition) is 30. The third kappa shape index (κ3) is 19.6. The number of carbonyl (C=O) groups excluding carboxylic acids is 7. The molecule has 24 N–H and O–H groups in total. The van der Waals surface area contributed by atoms with E-state index in [2.05, 4.69) is 42.5 Å². The number of fused-ring (bicyclic) bond motifs is 15. The number of aliphatic hydroxyl groups excluding tert-OH is 8. The molecule has 8 aliphatic heterocycles. The number of ether oxygens (including phenoxy) is 8. The number of phenolic OH excluding ortho intramolecular Hbond substituents is 3. The summed E-state index contributed by atoms with van der Waals surface area (Å²) in [5.41, 5.74) is 9.71. The van der Waals surface area contributed by atoms with Crippen LogP contribution >= 0.6 is 23.2 Å². The highest BCUT2D eigenvalue weighted by molar-refractivity contribution is 6.32. The van der Waals surface area contributed by atoms with Gasteiger partial charge in [0.1, 0.15) is 120 Å². The molecule has 7 aromatic rings. The lowest BCUT2D eigenvalue weighted by molar-refractivity contribution is -0.350. The van der Waals surface area contributed by atoms with Gasteiger partial charge in [0.2, 0.25) is 53.4 Å². The fourth-order valence-corrected chi connectivity index (χ4v) is 16.1. The van der Waals surface area contributed by atoms with Crippen LogP contribution in [0.5, 0.6) is 46.0 Å². The number of aromatic nitrogens is 1. The van der Waals surface area contributed by atoms with Crippen molar-refractivity contribution in [3.63, 3.8) is 0 Å². The van der Waals surface area contributed by atoms with E-state index < -0.39 is 279 Å². The van der Waals surface area contributed by atoms with Crippen LogP contribution in [0.25, 0.3) is 16.8 Å². The largest absolute Gasteiger partial charge is 0.508 e. The molecule has 3 fully saturated rings. The van der Waals surface area contributed by atoms with Gasteiger partial charge in [-0.05, 0) is 140 Å². The van der Waals surface area contributed by atoms with Gasteiger partial charge in [-0.1, -0.05) is 67.4 Å². The molecule has 0 aliphatic carbocycles. The number of carboxylic acid groups (broad SMARTS) is 1. The van der Waals surface area contributed by atoms with Gasteiger partial charge in [0, 0.05) is 65.9 Å². The van der Waals surface area contributed by atoms with Gasteiger partial charge in [-0.3, -0.25) is 33.6 Å². The second-order valence-electron chi connectivity index (χ2n) is 31.7. The number of nitrogens with two attached hydrogens (primary N) is 2. The molecule has 1 unspecified atom stereocenters. The van der Waals surface area contributed by atoms with Crippen molar-refractivity contribution in [2.75, 3.05) is 20.2 Å². The van der Waals surface area contributed by atoms with E-state index in [0.29, 0.717) is 0 Å². The van der Waals surface area contributed by atoms with Gasteiger partial charge >= 0.3 is 5.97 Å². The van der Waals surface area contributed by atoms with Gasteiger partial charge < -0.3 is 158 Å². The Labute approximate surface area is 716 Å². The average Bonchev–Trinajstić information content (AvgIpc) is 0.801. The van der Waals surface area contributed by atoms with Crippen LogP contribution in [0.4, 0.5) is 0 Å². The molecule has 8 aliphatic rings. The molecule has 6 aromatic carbocycles. The Kier molecular flexibility index (Phi) is 27.7. The molecule has 23 atom stereocenters. The third-order valence-corrected chi connectivity index (χ3v) is 22.8. The van der Waals surface area contributed by atoms with Gasteiger partial charge in [0.05, 0.1) is 41.3 Å². The molecule has 41 heteroatoms. The van der Waals surface area contributed by atoms with Gasteiger partial charge in [0.15, 0.2) is 30.1 Å². The summed E-state index contributed by atoms with van der Waals surface area (Å²) < 4.78 is 53.1. The molecule has 0 spiro atoms. The van der Waals surface area contributed by atoms with E-state index in [9.17, 15) is 75.7 Å². The second-order valence-corrected chi connectivity index (χ2v) is 32.5. The van der Waals surface area contributed by atoms with Crippen molar-refractivity contribution < 1.29 is 138 Å². The van der Waals surface area contributed by atoms with E-state index in [1.54, 1.807) is 0 Å². The molecular formula is C83H95Cl2N11O28. The molecule has 124 heavy (non-hydrogen) atoms. The normalized spacial score (nSPS) is 29.9. The van der Waals surface area contributed by atoms with Gasteiger partial charge in [0.25, 0.3) is 0 Å². The summed E-state index contributed by atoms with van der Waals surface area (Å²) >= 11 is 14.5. The van der Waals surface area contributed by atoms with E-state index >= 15 is 24.0 Å². The zero-order valence-electron chi connectivity index (χ0n) is 66.9.